The quantitative estimate of drug-likeness (QED) is 0.649. The van der Waals surface area contributed by atoms with Gasteiger partial charge in [0.15, 0.2) is 0 Å². The van der Waals surface area contributed by atoms with Gasteiger partial charge in [-0.2, -0.15) is 0 Å². The third-order valence-electron chi connectivity index (χ3n) is 2.59. The molecule has 0 aliphatic heterocycles. The summed E-state index contributed by atoms with van der Waals surface area (Å²) in [5.41, 5.74) is 1.93. The van der Waals surface area contributed by atoms with Crippen molar-refractivity contribution in [3.05, 3.63) is 35.7 Å². The average Bonchev–Trinajstić information content (AvgIpc) is 2.87. The summed E-state index contributed by atoms with van der Waals surface area (Å²) < 4.78 is 7.17. The van der Waals surface area contributed by atoms with Crippen LogP contribution in [0.5, 0.6) is 0 Å². The van der Waals surface area contributed by atoms with Crippen molar-refractivity contribution in [2.45, 2.75) is 0 Å². The second-order valence-electron chi connectivity index (χ2n) is 3.54. The predicted molar refractivity (Wildman–Crippen MR) is 61.2 cm³/mol. The van der Waals surface area contributed by atoms with Crippen LogP contribution >= 0.6 is 11.6 Å². The lowest BCUT2D eigenvalue weighted by molar-refractivity contribution is 0.564. The Morgan fingerprint density at radius 3 is 2.94 bits per heavy atom. The van der Waals surface area contributed by atoms with E-state index in [2.05, 4.69) is 10.2 Å². The first kappa shape index (κ1) is 9.42. The van der Waals surface area contributed by atoms with Gasteiger partial charge < -0.3 is 8.98 Å². The summed E-state index contributed by atoms with van der Waals surface area (Å²) in [4.78, 5) is 0. The van der Waals surface area contributed by atoms with Crippen LogP contribution < -0.4 is 0 Å². The Kier molecular flexibility index (Phi) is 1.97. The highest BCUT2D eigenvalue weighted by molar-refractivity contribution is 6.31. The minimum atomic E-state index is 0.509. The first-order valence-electron chi connectivity index (χ1n) is 4.77. The Hall–Kier alpha value is -1.81. The Labute approximate surface area is 96.5 Å². The molecule has 0 N–H and O–H groups in total. The van der Waals surface area contributed by atoms with Crippen molar-refractivity contribution in [1.82, 2.24) is 14.8 Å². The maximum absolute atomic E-state index is 5.96. The SMILES string of the molecule is Cn1c(-c2nnco2)cc2ccc(Cl)cc21. The number of aryl methyl sites for hydroxylation is 1. The fraction of sp³-hybridized carbons (Fsp3) is 0.0909. The van der Waals surface area contributed by atoms with Crippen molar-refractivity contribution in [2.24, 2.45) is 7.05 Å². The van der Waals surface area contributed by atoms with E-state index < -0.39 is 0 Å². The lowest BCUT2D eigenvalue weighted by Gasteiger charge is -1.99. The molecule has 1 aromatic carbocycles. The number of hydrogen-bond acceptors (Lipinski definition) is 3. The lowest BCUT2D eigenvalue weighted by Crippen LogP contribution is -1.91. The topological polar surface area (TPSA) is 43.9 Å². The van der Waals surface area contributed by atoms with Crippen LogP contribution in [0.2, 0.25) is 5.02 Å². The molecule has 0 spiro atoms. The van der Waals surface area contributed by atoms with Crippen LogP contribution in [0, 0.1) is 0 Å². The molecule has 0 unspecified atom stereocenters. The summed E-state index contributed by atoms with van der Waals surface area (Å²) in [6, 6.07) is 7.74. The van der Waals surface area contributed by atoms with Crippen LogP contribution in [0.15, 0.2) is 35.1 Å². The second-order valence-corrected chi connectivity index (χ2v) is 3.97. The van der Waals surface area contributed by atoms with E-state index in [9.17, 15) is 0 Å². The third kappa shape index (κ3) is 1.31. The predicted octanol–water partition coefficient (Wildman–Crippen LogP) is 2.88. The van der Waals surface area contributed by atoms with Gasteiger partial charge in [0.05, 0.1) is 0 Å². The number of benzene rings is 1. The Bertz CT molecular complexity index is 643. The first-order valence-corrected chi connectivity index (χ1v) is 5.15. The molecule has 0 saturated carbocycles. The number of rotatable bonds is 1. The maximum Gasteiger partial charge on any atom is 0.264 e. The molecular formula is C11H8ClN3O. The maximum atomic E-state index is 5.96. The van der Waals surface area contributed by atoms with E-state index in [4.69, 9.17) is 16.0 Å². The molecule has 3 rings (SSSR count). The Morgan fingerprint density at radius 2 is 2.19 bits per heavy atom. The number of hydrogen-bond donors (Lipinski definition) is 0. The molecule has 0 amide bonds. The largest absolute Gasteiger partial charge is 0.422 e. The summed E-state index contributed by atoms with van der Waals surface area (Å²) in [5, 5.41) is 9.38. The fourth-order valence-corrected chi connectivity index (χ4v) is 1.96. The zero-order valence-corrected chi connectivity index (χ0v) is 9.27. The van der Waals surface area contributed by atoms with Gasteiger partial charge in [0.25, 0.3) is 5.89 Å². The molecule has 0 atom stereocenters. The highest BCUT2D eigenvalue weighted by atomic mass is 35.5. The van der Waals surface area contributed by atoms with Gasteiger partial charge in [0, 0.05) is 23.0 Å². The van der Waals surface area contributed by atoms with E-state index in [-0.39, 0.29) is 0 Å². The first-order chi connectivity index (χ1) is 7.75. The van der Waals surface area contributed by atoms with Crippen molar-refractivity contribution in [3.63, 3.8) is 0 Å². The van der Waals surface area contributed by atoms with Gasteiger partial charge in [-0.1, -0.05) is 17.7 Å². The van der Waals surface area contributed by atoms with Gasteiger partial charge in [0.1, 0.15) is 5.69 Å². The Balaban J connectivity index is 2.32. The van der Waals surface area contributed by atoms with Crippen molar-refractivity contribution >= 4 is 22.5 Å². The molecule has 0 fully saturated rings. The van der Waals surface area contributed by atoms with Gasteiger partial charge >= 0.3 is 0 Å². The molecule has 0 saturated heterocycles. The summed E-state index contributed by atoms with van der Waals surface area (Å²) in [6.45, 7) is 0. The van der Waals surface area contributed by atoms with Crippen LogP contribution in [0.3, 0.4) is 0 Å². The normalized spacial score (nSPS) is 11.1. The van der Waals surface area contributed by atoms with E-state index in [1.165, 1.54) is 6.39 Å². The highest BCUT2D eigenvalue weighted by Crippen LogP contribution is 2.27. The van der Waals surface area contributed by atoms with Gasteiger partial charge in [-0.25, -0.2) is 0 Å². The van der Waals surface area contributed by atoms with E-state index in [0.29, 0.717) is 10.9 Å². The molecule has 4 nitrogen and oxygen atoms in total. The monoisotopic (exact) mass is 233 g/mol. The van der Waals surface area contributed by atoms with Crippen LogP contribution in [-0.2, 0) is 7.05 Å². The van der Waals surface area contributed by atoms with Crippen LogP contribution in [0.1, 0.15) is 0 Å². The number of halogens is 1. The minimum Gasteiger partial charge on any atom is -0.422 e. The molecule has 3 aromatic rings. The summed E-state index contributed by atoms with van der Waals surface area (Å²) in [5.74, 6) is 0.509. The Morgan fingerprint density at radius 1 is 1.31 bits per heavy atom. The van der Waals surface area contributed by atoms with Gasteiger partial charge in [-0.15, -0.1) is 10.2 Å². The van der Waals surface area contributed by atoms with E-state index in [1.807, 2.05) is 35.9 Å². The molecule has 0 bridgehead atoms. The van der Waals surface area contributed by atoms with Crippen molar-refractivity contribution < 1.29 is 4.42 Å². The van der Waals surface area contributed by atoms with Crippen molar-refractivity contribution in [1.29, 1.82) is 0 Å². The standard InChI is InChI=1S/C11H8ClN3O/c1-15-9-5-8(12)3-2-7(9)4-10(15)11-14-13-6-16-11/h2-6H,1H3. The molecule has 0 aliphatic rings. The fourth-order valence-electron chi connectivity index (χ4n) is 1.79. The van der Waals surface area contributed by atoms with Gasteiger partial charge in [-0.05, 0) is 18.2 Å². The molecule has 80 valence electrons. The van der Waals surface area contributed by atoms with Gasteiger partial charge in [-0.3, -0.25) is 0 Å². The zero-order valence-electron chi connectivity index (χ0n) is 8.51. The second kappa shape index (κ2) is 3.35. The minimum absolute atomic E-state index is 0.509. The van der Waals surface area contributed by atoms with Crippen LogP contribution in [-0.4, -0.2) is 14.8 Å². The van der Waals surface area contributed by atoms with Crippen LogP contribution in [0.25, 0.3) is 22.5 Å². The van der Waals surface area contributed by atoms with E-state index in [1.54, 1.807) is 0 Å². The molecule has 0 radical (unpaired) electrons. The summed E-state index contributed by atoms with van der Waals surface area (Å²) in [6.07, 6.45) is 1.32. The smallest absolute Gasteiger partial charge is 0.264 e. The van der Waals surface area contributed by atoms with Gasteiger partial charge in [0.2, 0.25) is 6.39 Å². The average molecular weight is 234 g/mol. The molecule has 5 heteroatoms. The summed E-state index contributed by atoms with van der Waals surface area (Å²) in [7, 11) is 1.94. The summed E-state index contributed by atoms with van der Waals surface area (Å²) >= 11 is 5.96. The number of nitrogens with zero attached hydrogens (tertiary/aromatic N) is 3. The molecule has 2 aromatic heterocycles. The van der Waals surface area contributed by atoms with Crippen molar-refractivity contribution in [3.8, 4) is 11.6 Å². The molecule has 2 heterocycles. The van der Waals surface area contributed by atoms with Crippen LogP contribution in [0.4, 0.5) is 0 Å². The van der Waals surface area contributed by atoms with Crippen molar-refractivity contribution in [2.75, 3.05) is 0 Å². The number of fused-ring (bicyclic) bond motifs is 1. The molecule has 0 aliphatic carbocycles. The molecule has 16 heavy (non-hydrogen) atoms. The number of aromatic nitrogens is 3. The highest BCUT2D eigenvalue weighted by Gasteiger charge is 2.11. The zero-order chi connectivity index (χ0) is 11.1. The van der Waals surface area contributed by atoms with E-state index >= 15 is 0 Å². The van der Waals surface area contributed by atoms with E-state index in [0.717, 1.165) is 16.6 Å². The lowest BCUT2D eigenvalue weighted by atomic mass is 10.2. The third-order valence-corrected chi connectivity index (χ3v) is 2.82. The molecular weight excluding hydrogens is 226 g/mol.